The minimum absolute atomic E-state index is 0.0115. The number of aromatic nitrogens is 1. The molecule has 1 amide bonds. The monoisotopic (exact) mass is 303 g/mol. The summed E-state index contributed by atoms with van der Waals surface area (Å²) >= 11 is 6.33. The lowest BCUT2D eigenvalue weighted by molar-refractivity contribution is -0.121. The first-order chi connectivity index (χ1) is 10.1. The molecular formula is C16H18ClN3O. The van der Waals surface area contributed by atoms with E-state index in [2.05, 4.69) is 15.6 Å². The Balaban J connectivity index is 1.94. The molecule has 1 fully saturated rings. The third-order valence-corrected chi connectivity index (χ3v) is 4.51. The van der Waals surface area contributed by atoms with Gasteiger partial charge in [-0.05, 0) is 49.7 Å². The summed E-state index contributed by atoms with van der Waals surface area (Å²) in [5.74, 6) is 0.381. The van der Waals surface area contributed by atoms with Crippen molar-refractivity contribution in [2.24, 2.45) is 11.8 Å². The maximum Gasteiger partial charge on any atom is 0.227 e. The van der Waals surface area contributed by atoms with E-state index in [4.69, 9.17) is 11.6 Å². The Morgan fingerprint density at radius 1 is 1.52 bits per heavy atom. The predicted molar refractivity (Wildman–Crippen MR) is 85.6 cm³/mol. The number of halogens is 1. The molecule has 0 spiro atoms. The summed E-state index contributed by atoms with van der Waals surface area (Å²) in [6.45, 7) is 5.73. The van der Waals surface area contributed by atoms with Crippen molar-refractivity contribution in [3.63, 3.8) is 0 Å². The fourth-order valence-corrected chi connectivity index (χ4v) is 2.94. The average molecular weight is 304 g/mol. The van der Waals surface area contributed by atoms with Gasteiger partial charge >= 0.3 is 0 Å². The average Bonchev–Trinajstić information content (AvgIpc) is 2.41. The maximum atomic E-state index is 12.4. The summed E-state index contributed by atoms with van der Waals surface area (Å²) in [5.41, 5.74) is 2.54. The van der Waals surface area contributed by atoms with Crippen LogP contribution in [0.5, 0.6) is 0 Å². The zero-order valence-electron chi connectivity index (χ0n) is 12.1. The van der Waals surface area contributed by atoms with Crippen molar-refractivity contribution in [1.82, 2.24) is 10.3 Å². The molecule has 5 heteroatoms. The molecule has 0 aliphatic carbocycles. The number of hydrogen-bond acceptors (Lipinski definition) is 3. The van der Waals surface area contributed by atoms with Gasteiger partial charge in [-0.3, -0.25) is 9.78 Å². The highest BCUT2D eigenvalue weighted by molar-refractivity contribution is 6.35. The largest absolute Gasteiger partial charge is 0.324 e. The Hall–Kier alpha value is -1.65. The summed E-state index contributed by atoms with van der Waals surface area (Å²) in [4.78, 5) is 16.8. The minimum atomic E-state index is -0.0321. The van der Waals surface area contributed by atoms with Gasteiger partial charge in [-0.1, -0.05) is 18.5 Å². The fraction of sp³-hybridized carbons (Fsp3) is 0.375. The summed E-state index contributed by atoms with van der Waals surface area (Å²) in [5, 5.41) is 7.62. The number of benzene rings is 1. The third kappa shape index (κ3) is 2.61. The van der Waals surface area contributed by atoms with Gasteiger partial charge in [0.15, 0.2) is 0 Å². The van der Waals surface area contributed by atoms with Crippen molar-refractivity contribution in [2.75, 3.05) is 18.4 Å². The number of nitrogens with zero attached hydrogens (tertiary/aromatic N) is 1. The van der Waals surface area contributed by atoms with Crippen LogP contribution in [0.1, 0.15) is 12.5 Å². The van der Waals surface area contributed by atoms with Gasteiger partial charge in [-0.15, -0.1) is 0 Å². The van der Waals surface area contributed by atoms with Crippen molar-refractivity contribution in [3.8, 4) is 0 Å². The van der Waals surface area contributed by atoms with Crippen molar-refractivity contribution >= 4 is 34.1 Å². The van der Waals surface area contributed by atoms with Gasteiger partial charge in [0.25, 0.3) is 0 Å². The number of aryl methyl sites for hydroxylation is 1. The summed E-state index contributed by atoms with van der Waals surface area (Å²) in [7, 11) is 0. The van der Waals surface area contributed by atoms with Gasteiger partial charge in [0.2, 0.25) is 5.91 Å². The van der Waals surface area contributed by atoms with Crippen LogP contribution in [0.4, 0.5) is 5.69 Å². The molecule has 1 aromatic carbocycles. The second-order valence-corrected chi connectivity index (χ2v) is 6.05. The lowest BCUT2D eigenvalue weighted by atomic mass is 9.88. The SMILES string of the molecule is Cc1cc(Cl)c(NC(=O)C(C)C2CNC2)c2cccnc12. The molecule has 2 aromatic rings. The van der Waals surface area contributed by atoms with Crippen molar-refractivity contribution < 1.29 is 4.79 Å². The molecule has 1 aliphatic rings. The van der Waals surface area contributed by atoms with Gasteiger partial charge in [-0.25, -0.2) is 0 Å². The van der Waals surface area contributed by atoms with Crippen LogP contribution in [0.3, 0.4) is 0 Å². The Labute approximate surface area is 128 Å². The standard InChI is InChI=1S/C16H18ClN3O/c1-9-6-13(17)15(12-4-3-5-19-14(9)12)20-16(21)10(2)11-7-18-8-11/h3-6,10-11,18H,7-8H2,1-2H3,(H,20,21). The highest BCUT2D eigenvalue weighted by Gasteiger charge is 2.29. The van der Waals surface area contributed by atoms with E-state index < -0.39 is 0 Å². The van der Waals surface area contributed by atoms with Gasteiger partial charge < -0.3 is 10.6 Å². The van der Waals surface area contributed by atoms with Crippen LogP contribution in [0.2, 0.25) is 5.02 Å². The molecule has 0 saturated carbocycles. The zero-order valence-corrected chi connectivity index (χ0v) is 12.9. The quantitative estimate of drug-likeness (QED) is 0.916. The molecule has 4 nitrogen and oxygen atoms in total. The zero-order chi connectivity index (χ0) is 15.0. The Bertz CT molecular complexity index is 697. The minimum Gasteiger partial charge on any atom is -0.324 e. The number of carbonyl (C=O) groups is 1. The van der Waals surface area contributed by atoms with Crippen LogP contribution in [0, 0.1) is 18.8 Å². The Morgan fingerprint density at radius 3 is 2.95 bits per heavy atom. The summed E-state index contributed by atoms with van der Waals surface area (Å²) < 4.78 is 0. The summed E-state index contributed by atoms with van der Waals surface area (Å²) in [6.07, 6.45) is 1.75. The smallest absolute Gasteiger partial charge is 0.227 e. The van der Waals surface area contributed by atoms with E-state index in [1.807, 2.05) is 32.0 Å². The highest BCUT2D eigenvalue weighted by Crippen LogP contribution is 2.33. The molecule has 1 aliphatic heterocycles. The second-order valence-electron chi connectivity index (χ2n) is 5.65. The number of fused-ring (bicyclic) bond motifs is 1. The molecule has 3 rings (SSSR count). The number of rotatable bonds is 3. The molecule has 0 radical (unpaired) electrons. The second kappa shape index (κ2) is 5.62. The van der Waals surface area contributed by atoms with E-state index in [1.54, 1.807) is 6.20 Å². The predicted octanol–water partition coefficient (Wildman–Crippen LogP) is 2.99. The van der Waals surface area contributed by atoms with Gasteiger partial charge in [0, 0.05) is 17.5 Å². The van der Waals surface area contributed by atoms with Crippen LogP contribution in [-0.2, 0) is 4.79 Å². The van der Waals surface area contributed by atoms with Crippen LogP contribution >= 0.6 is 11.6 Å². The number of pyridine rings is 1. The van der Waals surface area contributed by atoms with Gasteiger partial charge in [0.1, 0.15) is 0 Å². The first-order valence-corrected chi connectivity index (χ1v) is 7.51. The van der Waals surface area contributed by atoms with E-state index in [0.29, 0.717) is 16.6 Å². The number of anilines is 1. The molecule has 1 unspecified atom stereocenters. The molecule has 1 aromatic heterocycles. The number of amides is 1. The molecule has 0 bridgehead atoms. The maximum absolute atomic E-state index is 12.4. The number of nitrogens with one attached hydrogen (secondary N) is 2. The first-order valence-electron chi connectivity index (χ1n) is 7.13. The molecule has 2 N–H and O–H groups in total. The topological polar surface area (TPSA) is 54.0 Å². The van der Waals surface area contributed by atoms with E-state index in [1.165, 1.54) is 0 Å². The van der Waals surface area contributed by atoms with Crippen LogP contribution in [0.15, 0.2) is 24.4 Å². The van der Waals surface area contributed by atoms with E-state index in [-0.39, 0.29) is 11.8 Å². The summed E-state index contributed by atoms with van der Waals surface area (Å²) in [6, 6.07) is 5.64. The van der Waals surface area contributed by atoms with Crippen molar-refractivity contribution in [1.29, 1.82) is 0 Å². The Kier molecular flexibility index (Phi) is 3.83. The van der Waals surface area contributed by atoms with Crippen molar-refractivity contribution in [2.45, 2.75) is 13.8 Å². The molecule has 2 heterocycles. The molecule has 1 atom stereocenters. The fourth-order valence-electron chi connectivity index (χ4n) is 2.62. The van der Waals surface area contributed by atoms with E-state index >= 15 is 0 Å². The molecule has 21 heavy (non-hydrogen) atoms. The van der Waals surface area contributed by atoms with Gasteiger partial charge in [-0.2, -0.15) is 0 Å². The van der Waals surface area contributed by atoms with Crippen LogP contribution in [-0.4, -0.2) is 24.0 Å². The number of carbonyl (C=O) groups excluding carboxylic acids is 1. The van der Waals surface area contributed by atoms with E-state index in [0.717, 1.165) is 29.6 Å². The Morgan fingerprint density at radius 2 is 2.29 bits per heavy atom. The highest BCUT2D eigenvalue weighted by atomic mass is 35.5. The van der Waals surface area contributed by atoms with Crippen LogP contribution < -0.4 is 10.6 Å². The lowest BCUT2D eigenvalue weighted by Crippen LogP contribution is -2.48. The lowest BCUT2D eigenvalue weighted by Gasteiger charge is -2.31. The molecular weight excluding hydrogens is 286 g/mol. The van der Waals surface area contributed by atoms with E-state index in [9.17, 15) is 4.79 Å². The van der Waals surface area contributed by atoms with Crippen LogP contribution in [0.25, 0.3) is 10.9 Å². The molecule has 1 saturated heterocycles. The third-order valence-electron chi connectivity index (χ3n) is 4.21. The van der Waals surface area contributed by atoms with Crippen molar-refractivity contribution in [3.05, 3.63) is 35.0 Å². The first kappa shape index (κ1) is 14.3. The van der Waals surface area contributed by atoms with Gasteiger partial charge in [0.05, 0.1) is 16.2 Å². The normalized spacial score (nSPS) is 16.5. The number of hydrogen-bond donors (Lipinski definition) is 2. The molecule has 110 valence electrons.